The molecule has 21 heavy (non-hydrogen) atoms. The molecule has 112 valence electrons. The van der Waals surface area contributed by atoms with E-state index in [1.807, 2.05) is 32.0 Å². The second-order valence-corrected chi connectivity index (χ2v) is 5.60. The van der Waals surface area contributed by atoms with E-state index >= 15 is 0 Å². The van der Waals surface area contributed by atoms with Crippen LogP contribution in [0.2, 0.25) is 0 Å². The maximum Gasteiger partial charge on any atom is 0.290 e. The zero-order valence-electron chi connectivity index (χ0n) is 12.2. The van der Waals surface area contributed by atoms with Crippen molar-refractivity contribution in [1.29, 1.82) is 0 Å². The molecule has 2 aromatic rings. The molecule has 0 aliphatic carbocycles. The summed E-state index contributed by atoms with van der Waals surface area (Å²) in [5.41, 5.74) is 1.45. The predicted molar refractivity (Wildman–Crippen MR) is 84.3 cm³/mol. The zero-order valence-corrected chi connectivity index (χ0v) is 13.8. The number of nitrogens with one attached hydrogen (secondary N) is 1. The van der Waals surface area contributed by atoms with E-state index in [1.54, 1.807) is 7.05 Å². The first kappa shape index (κ1) is 15.6. The average molecular weight is 353 g/mol. The number of carbonyl (C=O) groups is 2. The highest BCUT2D eigenvalue weighted by molar-refractivity contribution is 9.10. The Bertz CT molecular complexity index is 694. The summed E-state index contributed by atoms with van der Waals surface area (Å²) in [4.78, 5) is 25.5. The van der Waals surface area contributed by atoms with Gasteiger partial charge >= 0.3 is 0 Å². The zero-order chi connectivity index (χ0) is 15.6. The van der Waals surface area contributed by atoms with E-state index in [-0.39, 0.29) is 24.1 Å². The molecule has 0 fully saturated rings. The van der Waals surface area contributed by atoms with E-state index in [0.29, 0.717) is 12.1 Å². The third-order valence-corrected chi connectivity index (χ3v) is 3.87. The van der Waals surface area contributed by atoms with Crippen molar-refractivity contribution in [2.24, 2.45) is 0 Å². The molecule has 0 bridgehead atoms. The number of benzene rings is 1. The van der Waals surface area contributed by atoms with Gasteiger partial charge in [-0.3, -0.25) is 9.59 Å². The van der Waals surface area contributed by atoms with Crippen LogP contribution in [-0.2, 0) is 4.79 Å². The van der Waals surface area contributed by atoms with Crippen LogP contribution in [0.5, 0.6) is 0 Å². The Labute approximate surface area is 131 Å². The van der Waals surface area contributed by atoms with Crippen LogP contribution in [0, 0.1) is 6.92 Å². The third-order valence-electron chi connectivity index (χ3n) is 3.37. The first-order chi connectivity index (χ1) is 9.97. The van der Waals surface area contributed by atoms with Crippen LogP contribution in [0.4, 0.5) is 0 Å². The van der Waals surface area contributed by atoms with Gasteiger partial charge in [-0.25, -0.2) is 0 Å². The van der Waals surface area contributed by atoms with Crippen molar-refractivity contribution in [2.45, 2.75) is 13.8 Å². The number of amides is 2. The number of rotatable bonds is 4. The van der Waals surface area contributed by atoms with E-state index in [2.05, 4.69) is 21.2 Å². The smallest absolute Gasteiger partial charge is 0.290 e. The summed E-state index contributed by atoms with van der Waals surface area (Å²) in [6, 6.07) is 5.60. The lowest BCUT2D eigenvalue weighted by Crippen LogP contribution is -2.39. The minimum Gasteiger partial charge on any atom is -0.451 e. The molecule has 0 atom stereocenters. The number of likely N-dealkylation sites (N-methyl/N-ethyl adjacent to an activating group) is 2. The van der Waals surface area contributed by atoms with Gasteiger partial charge < -0.3 is 14.6 Å². The van der Waals surface area contributed by atoms with Gasteiger partial charge in [0.2, 0.25) is 5.91 Å². The monoisotopic (exact) mass is 352 g/mol. The molecular formula is C15H17BrN2O3. The lowest BCUT2D eigenvalue weighted by atomic mass is 10.1. The van der Waals surface area contributed by atoms with E-state index < -0.39 is 0 Å². The fraction of sp³-hybridized carbons (Fsp3) is 0.333. The highest BCUT2D eigenvalue weighted by Gasteiger charge is 2.23. The van der Waals surface area contributed by atoms with Crippen molar-refractivity contribution in [3.8, 4) is 0 Å². The summed E-state index contributed by atoms with van der Waals surface area (Å²) in [5.74, 6) is -0.193. The molecule has 0 spiro atoms. The Morgan fingerprint density at radius 1 is 1.38 bits per heavy atom. The molecule has 2 rings (SSSR count). The summed E-state index contributed by atoms with van der Waals surface area (Å²) in [7, 11) is 1.55. The SMILES string of the molecule is CCN(CC(=O)NC)C(=O)c1oc2ccc(Br)cc2c1C. The molecular weight excluding hydrogens is 336 g/mol. The minimum absolute atomic E-state index is 0.0199. The van der Waals surface area contributed by atoms with Crippen LogP contribution >= 0.6 is 15.9 Å². The lowest BCUT2D eigenvalue weighted by Gasteiger charge is -2.18. The van der Waals surface area contributed by atoms with E-state index in [1.165, 1.54) is 4.90 Å². The Balaban J connectivity index is 2.38. The van der Waals surface area contributed by atoms with Crippen LogP contribution < -0.4 is 5.32 Å². The van der Waals surface area contributed by atoms with Crippen LogP contribution in [0.25, 0.3) is 11.0 Å². The topological polar surface area (TPSA) is 62.6 Å². The first-order valence-corrected chi connectivity index (χ1v) is 7.45. The van der Waals surface area contributed by atoms with Crippen molar-refractivity contribution in [1.82, 2.24) is 10.2 Å². The molecule has 1 heterocycles. The molecule has 5 nitrogen and oxygen atoms in total. The number of hydrogen-bond donors (Lipinski definition) is 1. The van der Waals surface area contributed by atoms with Crippen molar-refractivity contribution >= 4 is 38.7 Å². The summed E-state index contributed by atoms with van der Waals surface area (Å²) >= 11 is 3.41. The third kappa shape index (κ3) is 3.10. The first-order valence-electron chi connectivity index (χ1n) is 6.66. The molecule has 6 heteroatoms. The van der Waals surface area contributed by atoms with Gasteiger partial charge in [0.05, 0.1) is 6.54 Å². The highest BCUT2D eigenvalue weighted by atomic mass is 79.9. The fourth-order valence-electron chi connectivity index (χ4n) is 2.12. The quantitative estimate of drug-likeness (QED) is 0.919. The van der Waals surface area contributed by atoms with Crippen molar-refractivity contribution < 1.29 is 14.0 Å². The van der Waals surface area contributed by atoms with Crippen LogP contribution in [0.15, 0.2) is 27.1 Å². The van der Waals surface area contributed by atoms with Crippen LogP contribution in [-0.4, -0.2) is 36.9 Å². The Morgan fingerprint density at radius 3 is 2.71 bits per heavy atom. The molecule has 1 aromatic carbocycles. The summed E-state index contributed by atoms with van der Waals surface area (Å²) < 4.78 is 6.60. The van der Waals surface area contributed by atoms with Gasteiger partial charge in [-0.05, 0) is 32.0 Å². The van der Waals surface area contributed by atoms with E-state index in [4.69, 9.17) is 4.42 Å². The highest BCUT2D eigenvalue weighted by Crippen LogP contribution is 2.28. The van der Waals surface area contributed by atoms with Crippen LogP contribution in [0.3, 0.4) is 0 Å². The molecule has 1 N–H and O–H groups in total. The van der Waals surface area contributed by atoms with E-state index in [0.717, 1.165) is 15.4 Å². The van der Waals surface area contributed by atoms with Gasteiger partial charge in [0.15, 0.2) is 5.76 Å². The summed E-state index contributed by atoms with van der Waals surface area (Å²) in [6.07, 6.45) is 0. The van der Waals surface area contributed by atoms with Gasteiger partial charge in [0.25, 0.3) is 5.91 Å². The maximum atomic E-state index is 12.5. The van der Waals surface area contributed by atoms with Gasteiger partial charge in [-0.1, -0.05) is 15.9 Å². The number of halogens is 1. The van der Waals surface area contributed by atoms with Gasteiger partial charge in [0.1, 0.15) is 5.58 Å². The summed E-state index contributed by atoms with van der Waals surface area (Å²) in [5, 5.41) is 3.41. The second kappa shape index (κ2) is 6.30. The molecule has 0 saturated carbocycles. The number of carbonyl (C=O) groups excluding carboxylic acids is 2. The molecule has 0 aliphatic heterocycles. The van der Waals surface area contributed by atoms with Gasteiger partial charge in [-0.2, -0.15) is 0 Å². The van der Waals surface area contributed by atoms with Crippen molar-refractivity contribution in [3.63, 3.8) is 0 Å². The Morgan fingerprint density at radius 2 is 2.10 bits per heavy atom. The molecule has 0 radical (unpaired) electrons. The standard InChI is InChI=1S/C15H17BrN2O3/c1-4-18(8-13(19)17-3)15(20)14-9(2)11-7-10(16)5-6-12(11)21-14/h5-7H,4,8H2,1-3H3,(H,17,19). The molecule has 0 aliphatic rings. The Kier molecular flexibility index (Phi) is 4.67. The summed E-state index contributed by atoms with van der Waals surface area (Å²) in [6.45, 7) is 4.13. The van der Waals surface area contributed by atoms with Gasteiger partial charge in [0, 0.05) is 29.0 Å². The number of nitrogens with zero attached hydrogens (tertiary/aromatic N) is 1. The average Bonchev–Trinajstić information content (AvgIpc) is 2.80. The van der Waals surface area contributed by atoms with Crippen molar-refractivity contribution in [3.05, 3.63) is 34.0 Å². The van der Waals surface area contributed by atoms with Gasteiger partial charge in [-0.15, -0.1) is 0 Å². The fourth-order valence-corrected chi connectivity index (χ4v) is 2.48. The van der Waals surface area contributed by atoms with Crippen molar-refractivity contribution in [2.75, 3.05) is 20.1 Å². The number of fused-ring (bicyclic) bond motifs is 1. The number of hydrogen-bond acceptors (Lipinski definition) is 3. The predicted octanol–water partition coefficient (Wildman–Crippen LogP) is 2.71. The minimum atomic E-state index is -0.272. The molecule has 1 aromatic heterocycles. The molecule has 0 unspecified atom stereocenters. The van der Waals surface area contributed by atoms with E-state index in [9.17, 15) is 9.59 Å². The number of aryl methyl sites for hydroxylation is 1. The molecule has 0 saturated heterocycles. The molecule has 2 amide bonds. The number of furan rings is 1. The lowest BCUT2D eigenvalue weighted by molar-refractivity contribution is -0.121. The van der Waals surface area contributed by atoms with Crippen LogP contribution in [0.1, 0.15) is 23.0 Å². The Hall–Kier alpha value is -1.82. The normalized spacial score (nSPS) is 10.7. The largest absolute Gasteiger partial charge is 0.451 e. The maximum absolute atomic E-state index is 12.5. The second-order valence-electron chi connectivity index (χ2n) is 4.69.